The zero-order chi connectivity index (χ0) is 20.3. The summed E-state index contributed by atoms with van der Waals surface area (Å²) in [6.07, 6.45) is 7.71. The summed E-state index contributed by atoms with van der Waals surface area (Å²) in [5, 5.41) is 3.44. The molecule has 2 aromatic rings. The van der Waals surface area contributed by atoms with E-state index in [9.17, 15) is 0 Å². The summed E-state index contributed by atoms with van der Waals surface area (Å²) in [4.78, 5) is 15.1. The Morgan fingerprint density at radius 2 is 1.10 bits per heavy atom. The number of carbonyl (C=O) groups excluding carboxylic acids is 1. The van der Waals surface area contributed by atoms with Crippen LogP contribution in [0.3, 0.4) is 0 Å². The third-order valence-electron chi connectivity index (χ3n) is 8.40. The molecule has 2 aromatic carbocycles. The van der Waals surface area contributed by atoms with Gasteiger partial charge in [-0.2, -0.15) is 0 Å². The van der Waals surface area contributed by atoms with Gasteiger partial charge >= 0.3 is 0 Å². The number of benzene rings is 2. The smallest absolute Gasteiger partial charge is 0.184 e. The van der Waals surface area contributed by atoms with Gasteiger partial charge in [-0.1, -0.05) is 80.3 Å². The Balaban J connectivity index is 1.74. The predicted octanol–water partition coefficient (Wildman–Crippen LogP) is 4.99. The lowest BCUT2D eigenvalue weighted by Gasteiger charge is -2.59. The molecule has 4 fully saturated rings. The first kappa shape index (κ1) is 19.5. The van der Waals surface area contributed by atoms with Gasteiger partial charge in [-0.05, 0) is 66.7 Å². The van der Waals surface area contributed by atoms with Crippen LogP contribution < -0.4 is 10.4 Å². The Bertz CT molecular complexity index is 823. The molecule has 0 saturated heterocycles. The molecule has 0 aromatic heterocycles. The van der Waals surface area contributed by atoms with Crippen LogP contribution in [0.2, 0.25) is 19.6 Å². The van der Waals surface area contributed by atoms with Crippen molar-refractivity contribution in [3.05, 3.63) is 60.7 Å². The van der Waals surface area contributed by atoms with Crippen molar-refractivity contribution in [2.75, 3.05) is 0 Å². The van der Waals surface area contributed by atoms with Crippen molar-refractivity contribution in [1.82, 2.24) is 0 Å². The summed E-state index contributed by atoms with van der Waals surface area (Å²) < 4.78 is 0. The third-order valence-corrected chi connectivity index (χ3v) is 23.4. The normalized spacial score (nSPS) is 31.1. The highest BCUT2D eigenvalue weighted by Crippen LogP contribution is 2.61. The number of hydrogen-bond donors (Lipinski definition) is 0. The molecule has 4 aliphatic carbocycles. The van der Waals surface area contributed by atoms with E-state index in [1.54, 1.807) is 0 Å². The zero-order valence-electron chi connectivity index (χ0n) is 18.2. The SMILES string of the molecule is C[Si](C)(C)[Si](C(=O)C12CC3CC(CC(C3)C1)C2)(c1ccccc1)c1ccccc1. The molecule has 152 valence electrons. The summed E-state index contributed by atoms with van der Waals surface area (Å²) in [6.45, 7) is 7.41. The van der Waals surface area contributed by atoms with E-state index in [-0.39, 0.29) is 5.41 Å². The standard InChI is InChI=1S/C26H34OSi2/c1-28(2,3)29(23-10-6-4-7-11-23,24-12-8-5-9-13-24)25(27)26-17-20-14-21(18-26)16-22(15-20)19-26/h4-13,20-22H,14-19H2,1-3H3. The van der Waals surface area contributed by atoms with Crippen molar-refractivity contribution in [2.24, 2.45) is 23.2 Å². The average molecular weight is 419 g/mol. The quantitative estimate of drug-likeness (QED) is 0.625. The van der Waals surface area contributed by atoms with Gasteiger partial charge in [0.25, 0.3) is 0 Å². The Kier molecular flexibility index (Phi) is 4.56. The molecule has 0 heterocycles. The molecule has 0 aliphatic heterocycles. The lowest BCUT2D eigenvalue weighted by atomic mass is 9.50. The maximum atomic E-state index is 15.1. The lowest BCUT2D eigenvalue weighted by molar-refractivity contribution is -0.135. The van der Waals surface area contributed by atoms with Crippen LogP contribution in [-0.2, 0) is 4.79 Å². The molecule has 4 aliphatic rings. The molecule has 0 N–H and O–H groups in total. The van der Waals surface area contributed by atoms with E-state index in [2.05, 4.69) is 80.3 Å². The maximum Gasteiger partial charge on any atom is 0.184 e. The molecular formula is C26H34OSi2. The van der Waals surface area contributed by atoms with Crippen molar-refractivity contribution in [3.63, 3.8) is 0 Å². The van der Waals surface area contributed by atoms with Gasteiger partial charge in [-0.3, -0.25) is 0 Å². The highest BCUT2D eigenvalue weighted by molar-refractivity contribution is 7.61. The van der Waals surface area contributed by atoms with Crippen molar-refractivity contribution in [2.45, 2.75) is 58.2 Å². The van der Waals surface area contributed by atoms with Gasteiger partial charge in [0.1, 0.15) is 5.41 Å². The second kappa shape index (κ2) is 6.78. The van der Waals surface area contributed by atoms with Crippen LogP contribution in [-0.4, -0.2) is 20.6 Å². The first-order valence-electron chi connectivity index (χ1n) is 11.5. The van der Waals surface area contributed by atoms with Crippen LogP contribution in [0.1, 0.15) is 38.5 Å². The van der Waals surface area contributed by atoms with Crippen LogP contribution in [0, 0.1) is 23.2 Å². The minimum atomic E-state index is -2.54. The molecule has 1 nitrogen and oxygen atoms in total. The topological polar surface area (TPSA) is 17.1 Å². The summed E-state index contributed by atoms with van der Waals surface area (Å²) in [5.74, 6) is 2.43. The monoisotopic (exact) mass is 418 g/mol. The summed E-state index contributed by atoms with van der Waals surface area (Å²) >= 11 is 0. The van der Waals surface area contributed by atoms with Crippen molar-refractivity contribution < 1.29 is 4.79 Å². The minimum absolute atomic E-state index is 0.0348. The van der Waals surface area contributed by atoms with Gasteiger partial charge in [-0.15, -0.1) is 0 Å². The molecule has 0 atom stereocenters. The zero-order valence-corrected chi connectivity index (χ0v) is 20.2. The van der Waals surface area contributed by atoms with Gasteiger partial charge in [-0.25, -0.2) is 0 Å². The molecule has 4 saturated carbocycles. The highest BCUT2D eigenvalue weighted by Gasteiger charge is 2.64. The Morgan fingerprint density at radius 3 is 1.45 bits per heavy atom. The van der Waals surface area contributed by atoms with Crippen molar-refractivity contribution in [1.29, 1.82) is 0 Å². The van der Waals surface area contributed by atoms with Gasteiger partial charge in [0.05, 0.1) is 7.59 Å². The average Bonchev–Trinajstić information content (AvgIpc) is 2.68. The lowest BCUT2D eigenvalue weighted by Crippen LogP contribution is -2.81. The number of hydrogen-bond acceptors (Lipinski definition) is 1. The van der Waals surface area contributed by atoms with E-state index in [1.165, 1.54) is 48.9 Å². The first-order chi connectivity index (χ1) is 13.8. The molecule has 29 heavy (non-hydrogen) atoms. The molecular weight excluding hydrogens is 384 g/mol. The van der Waals surface area contributed by atoms with Crippen LogP contribution in [0.25, 0.3) is 0 Å². The van der Waals surface area contributed by atoms with Crippen molar-refractivity contribution >= 4 is 31.0 Å². The summed E-state index contributed by atoms with van der Waals surface area (Å²) in [5.41, 5.74) is -0.0348. The molecule has 0 amide bonds. The molecule has 6 rings (SSSR count). The molecule has 0 radical (unpaired) electrons. The molecule has 4 bridgehead atoms. The predicted molar refractivity (Wildman–Crippen MR) is 127 cm³/mol. The fourth-order valence-electron chi connectivity index (χ4n) is 7.80. The van der Waals surface area contributed by atoms with E-state index in [1.807, 2.05) is 0 Å². The highest BCUT2D eigenvalue weighted by atomic mass is 29.3. The van der Waals surface area contributed by atoms with E-state index < -0.39 is 15.2 Å². The fraction of sp³-hybridized carbons (Fsp3) is 0.500. The van der Waals surface area contributed by atoms with Crippen molar-refractivity contribution in [3.8, 4) is 0 Å². The van der Waals surface area contributed by atoms with Gasteiger partial charge in [0.2, 0.25) is 0 Å². The minimum Gasteiger partial charge on any atom is -0.304 e. The summed E-state index contributed by atoms with van der Waals surface area (Å²) in [7, 11) is -4.38. The van der Waals surface area contributed by atoms with Crippen LogP contribution in [0.4, 0.5) is 0 Å². The van der Waals surface area contributed by atoms with Gasteiger partial charge in [0.15, 0.2) is 7.59 Å². The van der Waals surface area contributed by atoms with E-state index in [0.29, 0.717) is 5.41 Å². The first-order valence-corrected chi connectivity index (χ1v) is 18.0. The number of rotatable bonds is 5. The van der Waals surface area contributed by atoms with Crippen LogP contribution in [0.5, 0.6) is 0 Å². The van der Waals surface area contributed by atoms with E-state index in [4.69, 9.17) is 0 Å². The largest absolute Gasteiger partial charge is 0.304 e. The fourth-order valence-corrected chi connectivity index (χ4v) is 22.6. The third kappa shape index (κ3) is 2.88. The Morgan fingerprint density at radius 1 is 0.724 bits per heavy atom. The molecule has 0 unspecified atom stereocenters. The van der Waals surface area contributed by atoms with E-state index in [0.717, 1.165) is 17.8 Å². The Labute approximate surface area is 177 Å². The number of carbonyl (C=O) groups is 1. The second-order valence-electron chi connectivity index (χ2n) is 11.3. The van der Waals surface area contributed by atoms with Gasteiger partial charge < -0.3 is 4.79 Å². The second-order valence-corrected chi connectivity index (χ2v) is 25.6. The van der Waals surface area contributed by atoms with Crippen LogP contribution in [0.15, 0.2) is 60.7 Å². The Hall–Kier alpha value is -1.46. The maximum absolute atomic E-state index is 15.1. The van der Waals surface area contributed by atoms with E-state index >= 15 is 4.79 Å². The summed E-state index contributed by atoms with van der Waals surface area (Å²) in [6, 6.07) is 22.0. The van der Waals surface area contributed by atoms with Gasteiger partial charge in [0, 0.05) is 5.41 Å². The molecule has 0 spiro atoms. The molecule has 3 heteroatoms. The van der Waals surface area contributed by atoms with Crippen LogP contribution >= 0.6 is 0 Å².